The summed E-state index contributed by atoms with van der Waals surface area (Å²) in [7, 11) is 1.75. The Morgan fingerprint density at radius 1 is 1.29 bits per heavy atom. The number of aromatic hydroxyl groups is 1. The largest absolute Gasteiger partial charge is 0.507 e. The van der Waals surface area contributed by atoms with Crippen molar-refractivity contribution in [1.82, 2.24) is 24.9 Å². The van der Waals surface area contributed by atoms with Crippen LogP contribution in [0.5, 0.6) is 10.9 Å². The van der Waals surface area contributed by atoms with Gasteiger partial charge in [0.25, 0.3) is 5.19 Å². The Morgan fingerprint density at radius 2 is 2.10 bits per heavy atom. The molecule has 2 bridgehead atoms. The second-order valence-corrected chi connectivity index (χ2v) is 9.49. The third-order valence-corrected chi connectivity index (χ3v) is 7.24. The van der Waals surface area contributed by atoms with Gasteiger partial charge in [-0.1, -0.05) is 16.4 Å². The van der Waals surface area contributed by atoms with E-state index in [1.807, 2.05) is 25.3 Å². The molecule has 1 saturated carbocycles. The van der Waals surface area contributed by atoms with Crippen LogP contribution < -0.4 is 4.74 Å². The van der Waals surface area contributed by atoms with Crippen LogP contribution in [-0.2, 0) is 0 Å². The van der Waals surface area contributed by atoms with Crippen molar-refractivity contribution in [2.75, 3.05) is 13.6 Å². The fraction of sp³-hybridized carbons (Fsp3) is 0.476. The van der Waals surface area contributed by atoms with E-state index < -0.39 is 24.0 Å². The Hall–Kier alpha value is -2.59. The molecule has 31 heavy (non-hydrogen) atoms. The summed E-state index contributed by atoms with van der Waals surface area (Å²) < 4.78 is 37.5. The molecule has 1 aliphatic carbocycles. The molecule has 0 amide bonds. The van der Waals surface area contributed by atoms with Crippen molar-refractivity contribution in [3.63, 3.8) is 0 Å². The highest BCUT2D eigenvalue weighted by atomic mass is 32.1. The smallest absolute Gasteiger partial charge is 0.294 e. The van der Waals surface area contributed by atoms with Crippen molar-refractivity contribution in [3.8, 4) is 27.2 Å². The van der Waals surface area contributed by atoms with Gasteiger partial charge < -0.3 is 9.84 Å². The van der Waals surface area contributed by atoms with Gasteiger partial charge in [0, 0.05) is 24.7 Å². The van der Waals surface area contributed by atoms with Crippen molar-refractivity contribution in [2.45, 2.75) is 44.3 Å². The van der Waals surface area contributed by atoms with E-state index in [1.54, 1.807) is 28.8 Å². The standard InChI is InChI=1S/C21H23F2N5O2S/c1-11-6-7-28(26-11)13-4-5-14(15(29)9-13)19-24-25-20(31-19)30-16-8-12-10-27(3)18(17(16)22)21(12,2)23/h4-7,9,12,16-18,29H,8,10H2,1-3H3. The minimum atomic E-state index is -1.57. The lowest BCUT2D eigenvalue weighted by molar-refractivity contribution is -0.0544. The lowest BCUT2D eigenvalue weighted by Gasteiger charge is -2.40. The second-order valence-electron chi connectivity index (χ2n) is 8.55. The van der Waals surface area contributed by atoms with Gasteiger partial charge in [0.05, 0.1) is 23.0 Å². The van der Waals surface area contributed by atoms with Crippen molar-refractivity contribution in [1.29, 1.82) is 0 Å². The van der Waals surface area contributed by atoms with E-state index >= 15 is 4.39 Å². The predicted molar refractivity (Wildman–Crippen MR) is 112 cm³/mol. The number of fused-ring (bicyclic) bond motifs is 2. The van der Waals surface area contributed by atoms with E-state index in [4.69, 9.17) is 4.74 Å². The normalized spacial score (nSPS) is 30.6. The van der Waals surface area contributed by atoms with Crippen LogP contribution in [0.4, 0.5) is 8.78 Å². The lowest BCUT2D eigenvalue weighted by Crippen LogP contribution is -2.56. The third kappa shape index (κ3) is 3.38. The van der Waals surface area contributed by atoms with Crippen LogP contribution in [0.3, 0.4) is 0 Å². The number of phenolic OH excluding ortho intramolecular Hbond substituents is 1. The maximum absolute atomic E-state index is 15.1. The number of halogens is 2. The molecule has 1 aromatic carbocycles. The number of phenols is 1. The molecule has 3 heterocycles. The monoisotopic (exact) mass is 447 g/mol. The summed E-state index contributed by atoms with van der Waals surface area (Å²) in [4.78, 5) is 1.74. The predicted octanol–water partition coefficient (Wildman–Crippen LogP) is 3.55. The molecular weight excluding hydrogens is 424 g/mol. The summed E-state index contributed by atoms with van der Waals surface area (Å²) in [5.74, 6) is -0.253. The summed E-state index contributed by atoms with van der Waals surface area (Å²) >= 11 is 1.12. The number of nitrogens with zero attached hydrogens (tertiary/aromatic N) is 5. The topological polar surface area (TPSA) is 76.3 Å². The summed E-state index contributed by atoms with van der Waals surface area (Å²) in [6.45, 7) is 3.88. The number of ether oxygens (including phenoxy) is 1. The van der Waals surface area contributed by atoms with Crippen molar-refractivity contribution < 1.29 is 18.6 Å². The summed E-state index contributed by atoms with van der Waals surface area (Å²) in [5.41, 5.74) is 0.514. The molecule has 2 aliphatic rings. The number of hydrogen-bond acceptors (Lipinski definition) is 7. The van der Waals surface area contributed by atoms with Crippen LogP contribution in [0.25, 0.3) is 16.3 Å². The van der Waals surface area contributed by atoms with Gasteiger partial charge in [0.15, 0.2) is 11.2 Å². The van der Waals surface area contributed by atoms with Crippen LogP contribution in [0.15, 0.2) is 30.5 Å². The molecular formula is C21H23F2N5O2S. The summed E-state index contributed by atoms with van der Waals surface area (Å²) in [6.07, 6.45) is -0.141. The molecule has 10 heteroatoms. The van der Waals surface area contributed by atoms with Crippen molar-refractivity contribution in [2.24, 2.45) is 5.92 Å². The molecule has 5 unspecified atom stereocenters. The van der Waals surface area contributed by atoms with Gasteiger partial charge in [-0.2, -0.15) is 5.10 Å². The zero-order chi connectivity index (χ0) is 21.9. The first kappa shape index (κ1) is 20.3. The molecule has 1 aliphatic heterocycles. The molecule has 5 rings (SSSR count). The van der Waals surface area contributed by atoms with Crippen LogP contribution >= 0.6 is 11.3 Å². The Bertz CT molecular complexity index is 1120. The van der Waals surface area contributed by atoms with Gasteiger partial charge in [-0.15, -0.1) is 5.10 Å². The van der Waals surface area contributed by atoms with E-state index in [0.717, 1.165) is 17.0 Å². The van der Waals surface area contributed by atoms with E-state index in [0.29, 0.717) is 22.8 Å². The molecule has 7 nitrogen and oxygen atoms in total. The number of likely N-dealkylation sites (tertiary alicyclic amines) is 1. The zero-order valence-electron chi connectivity index (χ0n) is 17.4. The Balaban J connectivity index is 1.34. The fourth-order valence-electron chi connectivity index (χ4n) is 4.80. The van der Waals surface area contributed by atoms with Gasteiger partial charge in [-0.05, 0) is 45.5 Å². The summed E-state index contributed by atoms with van der Waals surface area (Å²) in [5, 5.41) is 23.6. The SMILES string of the molecule is Cc1ccn(-c2ccc(-c3nnc(OC4CC5CN(C)C(C4F)C5(C)F)s3)c(O)c2)n1. The molecule has 1 N–H and O–H groups in total. The lowest BCUT2D eigenvalue weighted by atomic mass is 9.76. The molecule has 5 atom stereocenters. The second kappa shape index (κ2) is 7.23. The Labute approximate surface area is 182 Å². The molecule has 0 spiro atoms. The number of aromatic nitrogens is 4. The Morgan fingerprint density at radius 3 is 2.81 bits per heavy atom. The highest BCUT2D eigenvalue weighted by molar-refractivity contribution is 7.16. The molecule has 164 valence electrons. The van der Waals surface area contributed by atoms with Crippen molar-refractivity contribution in [3.05, 3.63) is 36.2 Å². The number of alkyl halides is 2. The van der Waals surface area contributed by atoms with Gasteiger partial charge in [0.1, 0.15) is 17.5 Å². The minimum Gasteiger partial charge on any atom is -0.507 e. The highest BCUT2D eigenvalue weighted by Gasteiger charge is 2.60. The first-order valence-electron chi connectivity index (χ1n) is 10.1. The molecule has 0 radical (unpaired) electrons. The highest BCUT2D eigenvalue weighted by Crippen LogP contribution is 2.47. The number of hydrogen-bond donors (Lipinski definition) is 1. The minimum absolute atomic E-state index is 0.0299. The number of aryl methyl sites for hydroxylation is 1. The fourth-order valence-corrected chi connectivity index (χ4v) is 5.58. The van der Waals surface area contributed by atoms with E-state index in [2.05, 4.69) is 15.3 Å². The zero-order valence-corrected chi connectivity index (χ0v) is 18.2. The third-order valence-electron chi connectivity index (χ3n) is 6.39. The molecule has 1 saturated heterocycles. The van der Waals surface area contributed by atoms with Crippen LogP contribution in [0, 0.1) is 12.8 Å². The maximum atomic E-state index is 15.1. The maximum Gasteiger partial charge on any atom is 0.294 e. The molecule has 2 fully saturated rings. The van der Waals surface area contributed by atoms with Gasteiger partial charge in [-0.3, -0.25) is 4.90 Å². The Kier molecular flexibility index (Phi) is 4.74. The van der Waals surface area contributed by atoms with E-state index in [1.165, 1.54) is 6.92 Å². The first-order valence-corrected chi connectivity index (χ1v) is 10.9. The first-order chi connectivity index (χ1) is 14.7. The number of rotatable bonds is 4. The molecule has 2 aromatic heterocycles. The van der Waals surface area contributed by atoms with Gasteiger partial charge in [0.2, 0.25) is 0 Å². The van der Waals surface area contributed by atoms with E-state index in [-0.39, 0.29) is 23.3 Å². The average Bonchev–Trinajstić information content (AvgIpc) is 3.37. The number of benzene rings is 1. The van der Waals surface area contributed by atoms with Crippen LogP contribution in [0.1, 0.15) is 19.0 Å². The quantitative estimate of drug-likeness (QED) is 0.659. The van der Waals surface area contributed by atoms with Crippen LogP contribution in [0.2, 0.25) is 0 Å². The average molecular weight is 448 g/mol. The summed E-state index contributed by atoms with van der Waals surface area (Å²) in [6, 6.07) is 6.19. The van der Waals surface area contributed by atoms with Gasteiger partial charge in [-0.25, -0.2) is 13.5 Å². The van der Waals surface area contributed by atoms with Crippen LogP contribution in [-0.4, -0.2) is 67.6 Å². The van der Waals surface area contributed by atoms with E-state index in [9.17, 15) is 9.50 Å². The molecule has 3 aromatic rings. The van der Waals surface area contributed by atoms with Crippen molar-refractivity contribution >= 4 is 11.3 Å². The van der Waals surface area contributed by atoms with Gasteiger partial charge >= 0.3 is 0 Å².